The first-order valence-corrected chi connectivity index (χ1v) is 14.2. The minimum atomic E-state index is -1.39. The fourth-order valence-electron chi connectivity index (χ4n) is 6.36. The van der Waals surface area contributed by atoms with Gasteiger partial charge in [-0.2, -0.15) is 0 Å². The highest BCUT2D eigenvalue weighted by Crippen LogP contribution is 2.57. The number of hydrogen-bond acceptors (Lipinski definition) is 5. The minimum Gasteiger partial charge on any atom is -0.478 e. The van der Waals surface area contributed by atoms with Gasteiger partial charge in [0.05, 0.1) is 28.0 Å². The molecule has 0 saturated carbocycles. The number of carboxylic acids is 1. The molecule has 3 aromatic rings. The fraction of sp³-hybridized carbons (Fsp3) is 0.323. The van der Waals surface area contributed by atoms with E-state index in [1.807, 2.05) is 20.8 Å². The monoisotopic (exact) mass is 612 g/mol. The van der Waals surface area contributed by atoms with E-state index in [-0.39, 0.29) is 27.5 Å². The lowest BCUT2D eigenvalue weighted by atomic mass is 9.62. The highest BCUT2D eigenvalue weighted by atomic mass is 35.5. The summed E-state index contributed by atoms with van der Waals surface area (Å²) in [5.41, 5.74) is 0.317. The molecule has 1 saturated heterocycles. The number of carbonyl (C=O) groups excluding carboxylic acids is 2. The van der Waals surface area contributed by atoms with Crippen LogP contribution in [0, 0.1) is 11.2 Å². The number of rotatable bonds is 6. The van der Waals surface area contributed by atoms with Crippen LogP contribution in [-0.4, -0.2) is 42.0 Å². The highest BCUT2D eigenvalue weighted by molar-refractivity contribution is 6.31. The molecule has 2 aliphatic rings. The fourth-order valence-corrected chi connectivity index (χ4v) is 6.71. The molecule has 0 radical (unpaired) electrons. The first-order valence-electron chi connectivity index (χ1n) is 13.5. The van der Waals surface area contributed by atoms with Crippen molar-refractivity contribution in [2.24, 2.45) is 5.41 Å². The summed E-state index contributed by atoms with van der Waals surface area (Å²) in [5, 5.41) is 21.9. The SMILES string of the molecule is CNc1cc(C(=O)O)ccc1NC(=O)[C@@H]1NC(CC(C)(C)C)[C@@]2(C(=O)Nc3cc(Cl)ccc32)C1c1cccc(Cl)c1F. The molecule has 5 N–H and O–H groups in total. The molecule has 1 fully saturated rings. The van der Waals surface area contributed by atoms with Crippen molar-refractivity contribution >= 4 is 58.0 Å². The van der Waals surface area contributed by atoms with Crippen molar-refractivity contribution in [3.63, 3.8) is 0 Å². The Hall–Kier alpha value is -3.66. The van der Waals surface area contributed by atoms with Gasteiger partial charge in [0, 0.05) is 29.7 Å². The Balaban J connectivity index is 1.70. The molecule has 4 atom stereocenters. The summed E-state index contributed by atoms with van der Waals surface area (Å²) in [6, 6.07) is 12.3. The van der Waals surface area contributed by atoms with Gasteiger partial charge in [-0.05, 0) is 59.4 Å². The lowest BCUT2D eigenvalue weighted by molar-refractivity contribution is -0.122. The maximum absolute atomic E-state index is 15.9. The van der Waals surface area contributed by atoms with Gasteiger partial charge in [0.15, 0.2) is 0 Å². The Morgan fingerprint density at radius 3 is 2.48 bits per heavy atom. The van der Waals surface area contributed by atoms with Gasteiger partial charge in [-0.25, -0.2) is 9.18 Å². The van der Waals surface area contributed by atoms with Gasteiger partial charge in [0.2, 0.25) is 11.8 Å². The van der Waals surface area contributed by atoms with Crippen molar-refractivity contribution in [2.75, 3.05) is 23.0 Å². The summed E-state index contributed by atoms with van der Waals surface area (Å²) in [6.45, 7) is 6.09. The molecule has 8 nitrogen and oxygen atoms in total. The maximum Gasteiger partial charge on any atom is 0.335 e. The molecule has 2 unspecified atom stereocenters. The van der Waals surface area contributed by atoms with Gasteiger partial charge >= 0.3 is 5.97 Å². The maximum atomic E-state index is 15.9. The Morgan fingerprint density at radius 2 is 1.81 bits per heavy atom. The lowest BCUT2D eigenvalue weighted by Crippen LogP contribution is -2.49. The van der Waals surface area contributed by atoms with Gasteiger partial charge < -0.3 is 26.4 Å². The molecule has 3 aromatic carbocycles. The average molecular weight is 614 g/mol. The number of carbonyl (C=O) groups is 3. The van der Waals surface area contributed by atoms with E-state index in [4.69, 9.17) is 23.2 Å². The summed E-state index contributed by atoms with van der Waals surface area (Å²) in [4.78, 5) is 39.9. The molecule has 0 bridgehead atoms. The second-order valence-electron chi connectivity index (χ2n) is 11.9. The number of anilines is 3. The van der Waals surface area contributed by atoms with Crippen LogP contribution < -0.4 is 21.3 Å². The van der Waals surface area contributed by atoms with Crippen molar-refractivity contribution in [2.45, 2.75) is 50.6 Å². The average Bonchev–Trinajstić information content (AvgIpc) is 3.39. The molecule has 0 aromatic heterocycles. The number of carboxylic acid groups (broad SMARTS) is 1. The third-order valence-electron chi connectivity index (χ3n) is 8.01. The van der Waals surface area contributed by atoms with Crippen LogP contribution in [0.4, 0.5) is 21.5 Å². The molecule has 0 aliphatic carbocycles. The largest absolute Gasteiger partial charge is 0.478 e. The van der Waals surface area contributed by atoms with Crippen molar-refractivity contribution in [1.29, 1.82) is 0 Å². The molecular formula is C31H31Cl2FN4O4. The van der Waals surface area contributed by atoms with Crippen LogP contribution in [0.25, 0.3) is 0 Å². The van der Waals surface area contributed by atoms with Crippen LogP contribution in [0.15, 0.2) is 54.6 Å². The number of benzene rings is 3. The zero-order chi connectivity index (χ0) is 30.6. The van der Waals surface area contributed by atoms with Crippen LogP contribution in [0.2, 0.25) is 10.0 Å². The number of nitrogens with one attached hydrogen (secondary N) is 4. The summed E-state index contributed by atoms with van der Waals surface area (Å²) in [5.74, 6) is -3.73. The Bertz CT molecular complexity index is 1610. The van der Waals surface area contributed by atoms with E-state index in [0.717, 1.165) is 0 Å². The first-order chi connectivity index (χ1) is 19.8. The van der Waals surface area contributed by atoms with Gasteiger partial charge in [0.1, 0.15) is 11.2 Å². The third-order valence-corrected chi connectivity index (χ3v) is 8.54. The van der Waals surface area contributed by atoms with Gasteiger partial charge in [0.25, 0.3) is 0 Å². The quantitative estimate of drug-likeness (QED) is 0.224. The summed E-state index contributed by atoms with van der Waals surface area (Å²) in [6.07, 6.45) is 0.472. The minimum absolute atomic E-state index is 0.0392. The highest BCUT2D eigenvalue weighted by Gasteiger charge is 2.66. The molecular weight excluding hydrogens is 582 g/mol. The Kier molecular flexibility index (Phi) is 7.72. The van der Waals surface area contributed by atoms with Crippen molar-refractivity contribution in [3.8, 4) is 0 Å². The van der Waals surface area contributed by atoms with Crippen LogP contribution in [0.5, 0.6) is 0 Å². The van der Waals surface area contributed by atoms with E-state index in [0.29, 0.717) is 34.1 Å². The van der Waals surface area contributed by atoms with E-state index >= 15 is 4.39 Å². The molecule has 11 heteroatoms. The van der Waals surface area contributed by atoms with Crippen LogP contribution >= 0.6 is 23.2 Å². The van der Waals surface area contributed by atoms with E-state index in [9.17, 15) is 19.5 Å². The second-order valence-corrected chi connectivity index (χ2v) is 12.7. The normalized spacial score (nSPS) is 23.0. The van der Waals surface area contributed by atoms with Crippen LogP contribution in [0.3, 0.4) is 0 Å². The lowest BCUT2D eigenvalue weighted by Gasteiger charge is -2.37. The van der Waals surface area contributed by atoms with E-state index < -0.39 is 41.1 Å². The second kappa shape index (κ2) is 10.9. The molecule has 2 aliphatic heterocycles. The Labute approximate surface area is 253 Å². The molecule has 220 valence electrons. The molecule has 1 spiro atoms. The molecule has 2 amide bonds. The molecule has 42 heavy (non-hydrogen) atoms. The smallest absolute Gasteiger partial charge is 0.335 e. The standard InChI is InChI=1S/C31H31Cl2FN4O4/c1-30(2,3)14-23-31(18-10-9-16(32)13-21(18)37-29(31)42)24(17-6-5-7-19(33)25(17)34)26(38-23)27(39)36-20-11-8-15(28(40)41)12-22(20)35-4/h5-13,23-24,26,35,38H,14H2,1-4H3,(H,36,39)(H,37,42)(H,40,41)/t23?,24?,26-,31-/m1/s1. The van der Waals surface area contributed by atoms with Gasteiger partial charge in [-0.1, -0.05) is 62.2 Å². The predicted molar refractivity (Wildman–Crippen MR) is 162 cm³/mol. The summed E-state index contributed by atoms with van der Waals surface area (Å²) in [7, 11) is 1.61. The molecule has 2 heterocycles. The first kappa shape index (κ1) is 29.8. The predicted octanol–water partition coefficient (Wildman–Crippen LogP) is 6.26. The number of aromatic carboxylic acids is 1. The molecule has 5 rings (SSSR count). The summed E-state index contributed by atoms with van der Waals surface area (Å²) < 4.78 is 15.9. The Morgan fingerprint density at radius 1 is 1.07 bits per heavy atom. The van der Waals surface area contributed by atoms with Crippen molar-refractivity contribution in [3.05, 3.63) is 87.2 Å². The zero-order valence-corrected chi connectivity index (χ0v) is 25.0. The topological polar surface area (TPSA) is 120 Å². The number of amides is 2. The summed E-state index contributed by atoms with van der Waals surface area (Å²) >= 11 is 12.5. The van der Waals surface area contributed by atoms with Crippen molar-refractivity contribution in [1.82, 2.24) is 5.32 Å². The van der Waals surface area contributed by atoms with E-state index in [2.05, 4.69) is 21.3 Å². The number of hydrogen-bond donors (Lipinski definition) is 5. The van der Waals surface area contributed by atoms with Crippen LogP contribution in [0.1, 0.15) is 54.6 Å². The number of halogens is 3. The van der Waals surface area contributed by atoms with E-state index in [1.165, 1.54) is 24.3 Å². The van der Waals surface area contributed by atoms with Gasteiger partial charge in [-0.3, -0.25) is 9.59 Å². The third kappa shape index (κ3) is 4.99. The number of fused-ring (bicyclic) bond motifs is 2. The van der Waals surface area contributed by atoms with E-state index in [1.54, 1.807) is 37.4 Å². The van der Waals surface area contributed by atoms with Gasteiger partial charge in [-0.15, -0.1) is 0 Å². The van der Waals surface area contributed by atoms with Crippen LogP contribution in [-0.2, 0) is 15.0 Å². The van der Waals surface area contributed by atoms with Crippen molar-refractivity contribution < 1.29 is 23.9 Å². The zero-order valence-electron chi connectivity index (χ0n) is 23.4.